The molecule has 0 radical (unpaired) electrons. The number of esters is 1. The van der Waals surface area contributed by atoms with Crippen LogP contribution in [0.15, 0.2) is 24.4 Å². The molecule has 0 amide bonds. The Labute approximate surface area is 76.7 Å². The Hall–Kier alpha value is -1.38. The molecule has 1 atom stereocenters. The first kappa shape index (κ1) is 8.23. The van der Waals surface area contributed by atoms with E-state index in [4.69, 9.17) is 4.74 Å². The van der Waals surface area contributed by atoms with Gasteiger partial charge in [0.1, 0.15) is 0 Å². The van der Waals surface area contributed by atoms with Gasteiger partial charge in [0.15, 0.2) is 0 Å². The van der Waals surface area contributed by atoms with Crippen molar-refractivity contribution in [2.45, 2.75) is 18.8 Å². The first-order chi connectivity index (χ1) is 6.38. The van der Waals surface area contributed by atoms with E-state index in [9.17, 15) is 4.79 Å². The van der Waals surface area contributed by atoms with Gasteiger partial charge in [-0.1, -0.05) is 6.07 Å². The van der Waals surface area contributed by atoms with E-state index < -0.39 is 0 Å². The van der Waals surface area contributed by atoms with Crippen LogP contribution >= 0.6 is 0 Å². The van der Waals surface area contributed by atoms with Gasteiger partial charge in [-0.2, -0.15) is 0 Å². The maximum absolute atomic E-state index is 11.3. The molecule has 0 N–H and O–H groups in total. The van der Waals surface area contributed by atoms with Gasteiger partial charge < -0.3 is 4.74 Å². The summed E-state index contributed by atoms with van der Waals surface area (Å²) in [4.78, 5) is 15.5. The van der Waals surface area contributed by atoms with Crippen LogP contribution in [0.2, 0.25) is 0 Å². The summed E-state index contributed by atoms with van der Waals surface area (Å²) in [6.45, 7) is 0.558. The van der Waals surface area contributed by atoms with E-state index in [2.05, 4.69) is 4.98 Å². The highest BCUT2D eigenvalue weighted by Crippen LogP contribution is 2.24. The zero-order valence-electron chi connectivity index (χ0n) is 7.27. The van der Waals surface area contributed by atoms with Gasteiger partial charge in [-0.15, -0.1) is 0 Å². The van der Waals surface area contributed by atoms with E-state index in [1.165, 1.54) is 0 Å². The van der Waals surface area contributed by atoms with Crippen LogP contribution < -0.4 is 0 Å². The summed E-state index contributed by atoms with van der Waals surface area (Å²) in [6, 6.07) is 5.61. The molecule has 1 fully saturated rings. The van der Waals surface area contributed by atoms with Crippen LogP contribution in [0.5, 0.6) is 0 Å². The van der Waals surface area contributed by atoms with Crippen LogP contribution in [-0.4, -0.2) is 17.6 Å². The van der Waals surface area contributed by atoms with Crippen LogP contribution in [0.1, 0.15) is 24.5 Å². The van der Waals surface area contributed by atoms with Gasteiger partial charge in [0.05, 0.1) is 18.2 Å². The fourth-order valence-corrected chi connectivity index (χ4v) is 1.53. The molecule has 3 heteroatoms. The van der Waals surface area contributed by atoms with Crippen molar-refractivity contribution in [1.82, 2.24) is 4.98 Å². The van der Waals surface area contributed by atoms with E-state index in [1.54, 1.807) is 6.20 Å². The average molecular weight is 177 g/mol. The Kier molecular flexibility index (Phi) is 2.25. The smallest absolute Gasteiger partial charge is 0.315 e. The minimum Gasteiger partial charge on any atom is -0.465 e. The van der Waals surface area contributed by atoms with Crippen molar-refractivity contribution < 1.29 is 9.53 Å². The minimum absolute atomic E-state index is 0.134. The zero-order chi connectivity index (χ0) is 9.10. The van der Waals surface area contributed by atoms with Crippen molar-refractivity contribution in [2.75, 3.05) is 6.61 Å². The maximum atomic E-state index is 11.3. The van der Waals surface area contributed by atoms with Gasteiger partial charge in [-0.25, -0.2) is 0 Å². The fraction of sp³-hybridized carbons (Fsp3) is 0.400. The number of carbonyl (C=O) groups excluding carboxylic acids is 1. The highest BCUT2D eigenvalue weighted by Gasteiger charge is 2.26. The number of carbonyl (C=O) groups is 1. The number of ether oxygens (including phenoxy) is 1. The zero-order valence-corrected chi connectivity index (χ0v) is 7.27. The van der Waals surface area contributed by atoms with Crippen LogP contribution in [0.3, 0.4) is 0 Å². The topological polar surface area (TPSA) is 39.2 Å². The molecule has 1 aliphatic rings. The van der Waals surface area contributed by atoms with E-state index >= 15 is 0 Å². The van der Waals surface area contributed by atoms with Crippen LogP contribution in [0.25, 0.3) is 0 Å². The van der Waals surface area contributed by atoms with Crippen molar-refractivity contribution in [3.8, 4) is 0 Å². The van der Waals surface area contributed by atoms with Crippen molar-refractivity contribution in [3.63, 3.8) is 0 Å². The number of aromatic nitrogens is 1. The molecule has 0 aliphatic carbocycles. The van der Waals surface area contributed by atoms with Gasteiger partial charge in [0, 0.05) is 6.20 Å². The first-order valence-electron chi connectivity index (χ1n) is 4.45. The molecule has 0 saturated carbocycles. The van der Waals surface area contributed by atoms with Crippen molar-refractivity contribution in [2.24, 2.45) is 0 Å². The SMILES string of the molecule is O=C1OCCCC1c1ccccn1. The highest BCUT2D eigenvalue weighted by atomic mass is 16.5. The van der Waals surface area contributed by atoms with Gasteiger partial charge in [0.2, 0.25) is 0 Å². The molecule has 0 spiro atoms. The van der Waals surface area contributed by atoms with E-state index in [1.807, 2.05) is 18.2 Å². The molecule has 3 nitrogen and oxygen atoms in total. The van der Waals surface area contributed by atoms with Gasteiger partial charge in [-0.3, -0.25) is 9.78 Å². The number of rotatable bonds is 1. The fourth-order valence-electron chi connectivity index (χ4n) is 1.53. The molecule has 1 aromatic heterocycles. The second-order valence-electron chi connectivity index (χ2n) is 3.12. The first-order valence-corrected chi connectivity index (χ1v) is 4.45. The summed E-state index contributed by atoms with van der Waals surface area (Å²) < 4.78 is 4.97. The second-order valence-corrected chi connectivity index (χ2v) is 3.12. The summed E-state index contributed by atoms with van der Waals surface area (Å²) in [5, 5.41) is 0. The van der Waals surface area contributed by atoms with E-state index in [0.717, 1.165) is 18.5 Å². The molecule has 0 bridgehead atoms. The molecule has 68 valence electrons. The third-order valence-electron chi connectivity index (χ3n) is 2.21. The Morgan fingerprint density at radius 1 is 1.46 bits per heavy atom. The van der Waals surface area contributed by atoms with Crippen molar-refractivity contribution >= 4 is 5.97 Å². The van der Waals surface area contributed by atoms with Crippen LogP contribution in [0, 0.1) is 0 Å². The lowest BCUT2D eigenvalue weighted by Gasteiger charge is -2.19. The molecule has 1 aliphatic heterocycles. The lowest BCUT2D eigenvalue weighted by Crippen LogP contribution is -2.22. The molecular formula is C10H11NO2. The molecule has 1 saturated heterocycles. The van der Waals surface area contributed by atoms with Crippen LogP contribution in [-0.2, 0) is 9.53 Å². The molecule has 1 unspecified atom stereocenters. The second kappa shape index (κ2) is 3.56. The lowest BCUT2D eigenvalue weighted by atomic mass is 9.97. The largest absolute Gasteiger partial charge is 0.465 e. The molecule has 2 heterocycles. The molecule has 1 aromatic rings. The normalized spacial score (nSPS) is 22.5. The summed E-state index contributed by atoms with van der Waals surface area (Å²) >= 11 is 0. The van der Waals surface area contributed by atoms with Crippen LogP contribution in [0.4, 0.5) is 0 Å². The van der Waals surface area contributed by atoms with Crippen molar-refractivity contribution in [3.05, 3.63) is 30.1 Å². The van der Waals surface area contributed by atoms with E-state index in [-0.39, 0.29) is 11.9 Å². The Bertz CT molecular complexity index is 297. The molecular weight excluding hydrogens is 166 g/mol. The lowest BCUT2D eigenvalue weighted by molar-refractivity contribution is -0.149. The molecule has 0 aromatic carbocycles. The van der Waals surface area contributed by atoms with E-state index in [0.29, 0.717) is 6.61 Å². The predicted octanol–water partition coefficient (Wildman–Crippen LogP) is 1.50. The van der Waals surface area contributed by atoms with Gasteiger partial charge in [-0.05, 0) is 25.0 Å². The Balaban J connectivity index is 2.20. The predicted molar refractivity (Wildman–Crippen MR) is 47.2 cm³/mol. The molecule has 13 heavy (non-hydrogen) atoms. The van der Waals surface area contributed by atoms with Crippen molar-refractivity contribution in [1.29, 1.82) is 0 Å². The molecule has 2 rings (SSSR count). The number of nitrogens with zero attached hydrogens (tertiary/aromatic N) is 1. The maximum Gasteiger partial charge on any atom is 0.315 e. The number of hydrogen-bond donors (Lipinski definition) is 0. The number of cyclic esters (lactones) is 1. The summed E-state index contributed by atoms with van der Waals surface area (Å²) in [5.74, 6) is -0.278. The highest BCUT2D eigenvalue weighted by molar-refractivity contribution is 5.78. The third-order valence-corrected chi connectivity index (χ3v) is 2.21. The number of pyridine rings is 1. The van der Waals surface area contributed by atoms with Gasteiger partial charge >= 0.3 is 5.97 Å². The third kappa shape index (κ3) is 1.69. The summed E-state index contributed by atoms with van der Waals surface area (Å²) in [5.41, 5.74) is 0.826. The monoisotopic (exact) mass is 177 g/mol. The summed E-state index contributed by atoms with van der Waals surface area (Å²) in [6.07, 6.45) is 3.50. The average Bonchev–Trinajstić information content (AvgIpc) is 2.20. The Morgan fingerprint density at radius 3 is 3.08 bits per heavy atom. The van der Waals surface area contributed by atoms with Gasteiger partial charge in [0.25, 0.3) is 0 Å². The quantitative estimate of drug-likeness (QED) is 0.610. The Morgan fingerprint density at radius 2 is 2.38 bits per heavy atom. The summed E-state index contributed by atoms with van der Waals surface area (Å²) in [7, 11) is 0. The number of hydrogen-bond acceptors (Lipinski definition) is 3. The minimum atomic E-state index is -0.144. The standard InChI is InChI=1S/C10H11NO2/c12-10-8(4-3-7-13-10)9-5-1-2-6-11-9/h1-2,5-6,8H,3-4,7H2.